The Labute approximate surface area is 93.5 Å². The third-order valence-electron chi connectivity index (χ3n) is 0.333. The minimum absolute atomic E-state index is 0. The molecule has 15 heavy (non-hydrogen) atoms. The number of hydrogen-bond donors (Lipinski definition) is 2. The van der Waals surface area contributed by atoms with Gasteiger partial charge in [0.05, 0.1) is 23.9 Å². The Balaban J connectivity index is -0.0000000370. The largest absolute Gasteiger partial charge is 2.00 e. The molecule has 0 aliphatic rings. The molecule has 0 rings (SSSR count). The van der Waals surface area contributed by atoms with Crippen LogP contribution in [0.3, 0.4) is 0 Å². The first-order valence-electron chi connectivity index (χ1n) is 2.13. The van der Waals surface area contributed by atoms with Crippen molar-refractivity contribution in [2.24, 2.45) is 0 Å². The van der Waals surface area contributed by atoms with E-state index in [-0.39, 0.29) is 29.4 Å². The van der Waals surface area contributed by atoms with E-state index in [4.69, 9.17) is 39.6 Å². The van der Waals surface area contributed by atoms with Crippen LogP contribution in [0.25, 0.3) is 0 Å². The average molecular weight is 276 g/mol. The Bertz CT molecular complexity index is 181. The van der Waals surface area contributed by atoms with Crippen molar-refractivity contribution in [3.8, 4) is 0 Å². The van der Waals surface area contributed by atoms with Gasteiger partial charge in [-0.3, -0.25) is 0 Å². The summed E-state index contributed by atoms with van der Waals surface area (Å²) in [4.78, 5) is 35.7. The van der Waals surface area contributed by atoms with Gasteiger partial charge in [0, 0.05) is 0 Å². The molecule has 0 spiro atoms. The summed E-state index contributed by atoms with van der Waals surface area (Å²) in [5, 5.41) is 35.7. The van der Waals surface area contributed by atoms with Gasteiger partial charge in [-0.25, -0.2) is 0 Å². The van der Waals surface area contributed by atoms with Gasteiger partial charge in [-0.05, 0) is 0 Å². The fraction of sp³-hybridized carbons (Fsp3) is 0. The van der Waals surface area contributed by atoms with E-state index in [1.165, 1.54) is 0 Å². The quantitative estimate of drug-likeness (QED) is 0.317. The van der Waals surface area contributed by atoms with Gasteiger partial charge in [-0.1, -0.05) is 0 Å². The maximum absolute atomic E-state index is 8.93. The van der Waals surface area contributed by atoms with Crippen LogP contribution in [0.15, 0.2) is 0 Å². The van der Waals surface area contributed by atoms with Crippen molar-refractivity contribution in [2.45, 2.75) is 0 Å². The Morgan fingerprint density at radius 2 is 0.600 bits per heavy atom. The molecule has 0 aromatic heterocycles. The molecule has 0 aromatic carbocycles. The van der Waals surface area contributed by atoms with Crippen molar-refractivity contribution in [3.05, 3.63) is 0 Å². The van der Waals surface area contributed by atoms with Crippen LogP contribution in [0.1, 0.15) is 0 Å². The fourth-order valence-corrected chi connectivity index (χ4v) is 0. The summed E-state index contributed by atoms with van der Waals surface area (Å²) in [6, 6.07) is 0. The Morgan fingerprint density at radius 3 is 0.600 bits per heavy atom. The first kappa shape index (κ1) is 29.2. The number of hydrogen-bond acceptors (Lipinski definition) is 8. The molecule has 0 unspecified atom stereocenters. The number of carbonyl (C=O) groups excluding carboxylic acids is 4. The molecule has 93 valence electrons. The van der Waals surface area contributed by atoms with E-state index in [9.17, 15) is 0 Å². The van der Waals surface area contributed by atoms with Crippen molar-refractivity contribution in [1.82, 2.24) is 12.3 Å². The standard InChI is InChI=1S/2C2H2O4.Cu.2H3N/c2*3-1(4)2(5)6;;;/h2*(H,3,4)(H,5,6);;2*1H3/q;;+2;;/p-2. The summed E-state index contributed by atoms with van der Waals surface area (Å²) in [5.41, 5.74) is 0. The second-order valence-electron chi connectivity index (χ2n) is 1.15. The Morgan fingerprint density at radius 1 is 0.533 bits per heavy atom. The predicted molar refractivity (Wildman–Crippen MR) is 32.0 cm³/mol. The minimum Gasteiger partial charge on any atom is -0.543 e. The van der Waals surface area contributed by atoms with E-state index in [0.717, 1.165) is 0 Å². The summed E-state index contributed by atoms with van der Waals surface area (Å²) in [5.74, 6) is -8.74. The van der Waals surface area contributed by atoms with Gasteiger partial charge in [0.15, 0.2) is 0 Å². The molecule has 0 fully saturated rings. The van der Waals surface area contributed by atoms with Gasteiger partial charge in [0.2, 0.25) is 0 Å². The predicted octanol–water partition coefficient (Wildman–Crippen LogP) is -6.28. The molecule has 0 saturated carbocycles. The summed E-state index contributed by atoms with van der Waals surface area (Å²) in [7, 11) is 0. The number of carboxylic acids is 4. The Kier molecular flexibility index (Phi) is 28.9. The van der Waals surface area contributed by atoms with Crippen LogP contribution in [-0.2, 0) is 36.2 Å². The first-order valence-corrected chi connectivity index (χ1v) is 2.13. The molecule has 0 saturated heterocycles. The minimum atomic E-state index is -2.19. The van der Waals surface area contributed by atoms with Crippen molar-refractivity contribution >= 4 is 23.9 Å². The fourth-order valence-electron chi connectivity index (χ4n) is 0. The van der Waals surface area contributed by atoms with Crippen LogP contribution in [0.5, 0.6) is 0 Å². The van der Waals surface area contributed by atoms with Crippen LogP contribution >= 0.6 is 0 Å². The Hall–Kier alpha value is -1.68. The van der Waals surface area contributed by atoms with E-state index in [2.05, 4.69) is 0 Å². The zero-order valence-corrected chi connectivity index (χ0v) is 8.51. The van der Waals surface area contributed by atoms with Gasteiger partial charge in [-0.2, -0.15) is 0 Å². The van der Waals surface area contributed by atoms with Crippen molar-refractivity contribution < 1.29 is 56.7 Å². The molecule has 1 radical (unpaired) electrons. The topological polar surface area (TPSA) is 234 Å². The van der Waals surface area contributed by atoms with Crippen LogP contribution < -0.4 is 32.7 Å². The van der Waals surface area contributed by atoms with Crippen molar-refractivity contribution in [1.29, 1.82) is 0 Å². The molecule has 0 heterocycles. The molecular weight excluding hydrogens is 268 g/mol. The van der Waals surface area contributed by atoms with Crippen LogP contribution in [0, 0.1) is 0 Å². The van der Waals surface area contributed by atoms with Gasteiger partial charge in [-0.15, -0.1) is 0 Å². The van der Waals surface area contributed by atoms with E-state index >= 15 is 0 Å². The SMILES string of the molecule is O=C([O-])C(=O)[O-].O=C([O-])C(=O)[O-].[Cu+2].[NH4+].[NH4+]. The normalized spacial score (nSPS) is 5.87. The van der Waals surface area contributed by atoms with Gasteiger partial charge in [0.1, 0.15) is 0 Å². The third kappa shape index (κ3) is 32.9. The summed E-state index contributed by atoms with van der Waals surface area (Å²) in [6.45, 7) is 0. The van der Waals surface area contributed by atoms with E-state index < -0.39 is 23.9 Å². The van der Waals surface area contributed by atoms with E-state index in [1.807, 2.05) is 0 Å². The number of carbonyl (C=O) groups is 4. The number of quaternary nitrogens is 2. The van der Waals surface area contributed by atoms with Crippen molar-refractivity contribution in [3.63, 3.8) is 0 Å². The molecule has 0 atom stereocenters. The summed E-state index contributed by atoms with van der Waals surface area (Å²) in [6.07, 6.45) is 0. The number of carboxylic acid groups (broad SMARTS) is 4. The average Bonchev–Trinajstić information content (AvgIpc) is 1.88. The van der Waals surface area contributed by atoms with Gasteiger partial charge >= 0.3 is 17.1 Å². The van der Waals surface area contributed by atoms with E-state index in [0.29, 0.717) is 0 Å². The maximum atomic E-state index is 8.93. The van der Waals surface area contributed by atoms with Crippen LogP contribution in [0.4, 0.5) is 0 Å². The molecule has 10 nitrogen and oxygen atoms in total. The summed E-state index contributed by atoms with van der Waals surface area (Å²) < 4.78 is 0. The number of rotatable bonds is 0. The number of aliphatic carboxylic acids is 4. The second-order valence-corrected chi connectivity index (χ2v) is 1.15. The van der Waals surface area contributed by atoms with E-state index in [1.54, 1.807) is 0 Å². The first-order chi connectivity index (χ1) is 5.29. The zero-order chi connectivity index (χ0) is 10.3. The molecule has 0 aliphatic carbocycles. The molecule has 0 amide bonds. The molecule has 0 aliphatic heterocycles. The van der Waals surface area contributed by atoms with Gasteiger partial charge in [0.25, 0.3) is 0 Å². The smallest absolute Gasteiger partial charge is 0.543 e. The molecule has 11 heteroatoms. The molecule has 0 aromatic rings. The molecule has 8 N–H and O–H groups in total. The second kappa shape index (κ2) is 14.8. The monoisotopic (exact) mass is 275 g/mol. The van der Waals surface area contributed by atoms with Gasteiger partial charge < -0.3 is 51.9 Å². The zero-order valence-electron chi connectivity index (χ0n) is 7.57. The van der Waals surface area contributed by atoms with Crippen molar-refractivity contribution in [2.75, 3.05) is 0 Å². The van der Waals surface area contributed by atoms with Crippen LogP contribution in [0.2, 0.25) is 0 Å². The maximum Gasteiger partial charge on any atom is 2.00 e. The van der Waals surface area contributed by atoms with Crippen LogP contribution in [-0.4, -0.2) is 23.9 Å². The third-order valence-corrected chi connectivity index (χ3v) is 0.333. The molecular formula is C4H8CuN2O8. The summed E-state index contributed by atoms with van der Waals surface area (Å²) >= 11 is 0. The molecule has 0 bridgehead atoms.